The highest BCUT2D eigenvalue weighted by Crippen LogP contribution is 2.08. The molecule has 0 unspecified atom stereocenters. The van der Waals surface area contributed by atoms with Crippen molar-refractivity contribution in [3.63, 3.8) is 0 Å². The van der Waals surface area contributed by atoms with Crippen LogP contribution in [0.15, 0.2) is 41.2 Å². The third-order valence-electron chi connectivity index (χ3n) is 3.71. The summed E-state index contributed by atoms with van der Waals surface area (Å²) < 4.78 is 6.32. The van der Waals surface area contributed by atoms with Gasteiger partial charge in [-0.25, -0.2) is 4.63 Å². The molecule has 0 saturated carbocycles. The fourth-order valence-electron chi connectivity index (χ4n) is 2.28. The smallest absolute Gasteiger partial charge is 0.276 e. The molecule has 3 rings (SSSR count). The quantitative estimate of drug-likeness (QED) is 0.681. The summed E-state index contributed by atoms with van der Waals surface area (Å²) in [6, 6.07) is 10.1. The summed E-state index contributed by atoms with van der Waals surface area (Å²) in [7, 11) is 1.68. The third-order valence-corrected chi connectivity index (χ3v) is 3.71. The molecule has 8 heteroatoms. The first-order valence-corrected chi connectivity index (χ1v) is 7.61. The molecular formula is C16H18N6O2. The van der Waals surface area contributed by atoms with E-state index in [1.165, 1.54) is 10.5 Å². The van der Waals surface area contributed by atoms with Crippen LogP contribution in [-0.4, -0.2) is 43.2 Å². The molecule has 0 bridgehead atoms. The predicted octanol–water partition coefficient (Wildman–Crippen LogP) is 1.48. The molecule has 24 heavy (non-hydrogen) atoms. The van der Waals surface area contributed by atoms with Crippen LogP contribution in [0.5, 0.6) is 0 Å². The van der Waals surface area contributed by atoms with E-state index >= 15 is 0 Å². The lowest BCUT2D eigenvalue weighted by Crippen LogP contribution is -2.27. The fraction of sp³-hybridized carbons (Fsp3) is 0.312. The second kappa shape index (κ2) is 7.03. The number of hydrogen-bond acceptors (Lipinski definition) is 6. The molecule has 0 radical (unpaired) electrons. The van der Waals surface area contributed by atoms with Gasteiger partial charge in [-0.3, -0.25) is 9.48 Å². The number of benzene rings is 1. The summed E-state index contributed by atoms with van der Waals surface area (Å²) in [5.41, 5.74) is 2.81. The van der Waals surface area contributed by atoms with Gasteiger partial charge in [0.1, 0.15) is 11.4 Å². The standard InChI is InChI=1S/C16H18N6O2/c1-12-14(19-24-18-12)10-21(2)16(23)15-11-22(20-17-15)9-8-13-6-4-3-5-7-13/h3-7,11H,8-10H2,1-2H3. The molecule has 1 amide bonds. The molecule has 0 aliphatic carbocycles. The summed E-state index contributed by atoms with van der Waals surface area (Å²) in [6.07, 6.45) is 2.49. The Labute approximate surface area is 139 Å². The van der Waals surface area contributed by atoms with Gasteiger partial charge in [-0.05, 0) is 18.9 Å². The second-order valence-corrected chi connectivity index (χ2v) is 5.56. The lowest BCUT2D eigenvalue weighted by molar-refractivity contribution is 0.0776. The predicted molar refractivity (Wildman–Crippen MR) is 85.0 cm³/mol. The van der Waals surface area contributed by atoms with Crippen molar-refractivity contribution in [1.82, 2.24) is 30.2 Å². The zero-order valence-corrected chi connectivity index (χ0v) is 13.6. The zero-order valence-electron chi connectivity index (χ0n) is 13.6. The molecule has 1 aromatic carbocycles. The molecule has 0 aliphatic rings. The molecular weight excluding hydrogens is 308 g/mol. The van der Waals surface area contributed by atoms with E-state index in [1.807, 2.05) is 18.2 Å². The summed E-state index contributed by atoms with van der Waals surface area (Å²) in [4.78, 5) is 13.9. The number of aryl methyl sites for hydroxylation is 3. The van der Waals surface area contributed by atoms with Crippen LogP contribution in [0.2, 0.25) is 0 Å². The van der Waals surface area contributed by atoms with Crippen LogP contribution < -0.4 is 0 Å². The monoisotopic (exact) mass is 326 g/mol. The van der Waals surface area contributed by atoms with Gasteiger partial charge in [0.25, 0.3) is 5.91 Å². The normalized spacial score (nSPS) is 10.8. The summed E-state index contributed by atoms with van der Waals surface area (Å²) in [5.74, 6) is -0.219. The average Bonchev–Trinajstić information content (AvgIpc) is 3.23. The minimum Gasteiger partial charge on any atom is -0.334 e. The molecule has 8 nitrogen and oxygen atoms in total. The Balaban J connectivity index is 1.60. The highest BCUT2D eigenvalue weighted by molar-refractivity contribution is 5.91. The van der Waals surface area contributed by atoms with Crippen molar-refractivity contribution in [2.24, 2.45) is 0 Å². The largest absolute Gasteiger partial charge is 0.334 e. The SMILES string of the molecule is Cc1nonc1CN(C)C(=O)c1cn(CCc2ccccc2)nn1. The minimum absolute atomic E-state index is 0.219. The van der Waals surface area contributed by atoms with Gasteiger partial charge in [-0.15, -0.1) is 5.10 Å². The van der Waals surface area contributed by atoms with Crippen LogP contribution in [-0.2, 0) is 19.5 Å². The van der Waals surface area contributed by atoms with E-state index in [2.05, 4.69) is 37.4 Å². The third kappa shape index (κ3) is 3.65. The first kappa shape index (κ1) is 15.9. The topological polar surface area (TPSA) is 89.9 Å². The van der Waals surface area contributed by atoms with Crippen molar-refractivity contribution in [2.75, 3.05) is 7.05 Å². The molecule has 0 N–H and O–H groups in total. The van der Waals surface area contributed by atoms with Crippen molar-refractivity contribution in [1.29, 1.82) is 0 Å². The van der Waals surface area contributed by atoms with Crippen LogP contribution in [0.1, 0.15) is 27.4 Å². The van der Waals surface area contributed by atoms with Gasteiger partial charge in [0.05, 0.1) is 12.7 Å². The van der Waals surface area contributed by atoms with Crippen molar-refractivity contribution in [3.8, 4) is 0 Å². The maximum Gasteiger partial charge on any atom is 0.276 e. The molecule has 0 atom stereocenters. The Morgan fingerprint density at radius 2 is 2.04 bits per heavy atom. The molecule has 0 spiro atoms. The Hall–Kier alpha value is -3.03. The van der Waals surface area contributed by atoms with E-state index in [0.717, 1.165) is 6.42 Å². The summed E-state index contributed by atoms with van der Waals surface area (Å²) in [6.45, 7) is 2.76. The van der Waals surface area contributed by atoms with Crippen LogP contribution in [0.25, 0.3) is 0 Å². The van der Waals surface area contributed by atoms with E-state index in [-0.39, 0.29) is 5.91 Å². The number of carbonyl (C=O) groups excluding carboxylic acids is 1. The van der Waals surface area contributed by atoms with E-state index in [4.69, 9.17) is 0 Å². The Morgan fingerprint density at radius 1 is 1.25 bits per heavy atom. The lowest BCUT2D eigenvalue weighted by Gasteiger charge is -2.13. The lowest BCUT2D eigenvalue weighted by atomic mass is 10.1. The van der Waals surface area contributed by atoms with Crippen molar-refractivity contribution in [3.05, 3.63) is 59.2 Å². The van der Waals surface area contributed by atoms with Crippen LogP contribution in [0.3, 0.4) is 0 Å². The summed E-state index contributed by atoms with van der Waals surface area (Å²) in [5, 5.41) is 15.5. The maximum absolute atomic E-state index is 12.4. The first-order chi connectivity index (χ1) is 11.6. The molecule has 0 aliphatic heterocycles. The van der Waals surface area contributed by atoms with Crippen LogP contribution >= 0.6 is 0 Å². The van der Waals surface area contributed by atoms with Gasteiger partial charge in [0, 0.05) is 13.6 Å². The average molecular weight is 326 g/mol. The van der Waals surface area contributed by atoms with Gasteiger partial charge in [0.15, 0.2) is 5.69 Å². The van der Waals surface area contributed by atoms with Gasteiger partial charge < -0.3 is 4.90 Å². The number of aromatic nitrogens is 5. The maximum atomic E-state index is 12.4. The second-order valence-electron chi connectivity index (χ2n) is 5.56. The molecule has 2 aromatic heterocycles. The van der Waals surface area contributed by atoms with E-state index in [9.17, 15) is 4.79 Å². The Morgan fingerprint density at radius 3 is 2.75 bits per heavy atom. The molecule has 0 fully saturated rings. The number of rotatable bonds is 6. The highest BCUT2D eigenvalue weighted by Gasteiger charge is 2.18. The van der Waals surface area contributed by atoms with Gasteiger partial charge in [-0.1, -0.05) is 45.9 Å². The van der Waals surface area contributed by atoms with Gasteiger partial charge in [-0.2, -0.15) is 0 Å². The van der Waals surface area contributed by atoms with Crippen molar-refractivity contribution in [2.45, 2.75) is 26.4 Å². The Kier molecular flexibility index (Phi) is 4.64. The molecule has 0 saturated heterocycles. The van der Waals surface area contributed by atoms with Crippen molar-refractivity contribution < 1.29 is 9.42 Å². The molecule has 3 aromatic rings. The number of amides is 1. The molecule has 2 heterocycles. The van der Waals surface area contributed by atoms with Gasteiger partial charge in [0.2, 0.25) is 0 Å². The summed E-state index contributed by atoms with van der Waals surface area (Å²) >= 11 is 0. The molecule has 124 valence electrons. The van der Waals surface area contributed by atoms with Crippen LogP contribution in [0, 0.1) is 6.92 Å². The zero-order chi connectivity index (χ0) is 16.9. The van der Waals surface area contributed by atoms with Crippen LogP contribution in [0.4, 0.5) is 0 Å². The Bertz CT molecular complexity index is 811. The number of hydrogen-bond donors (Lipinski definition) is 0. The van der Waals surface area contributed by atoms with E-state index in [0.29, 0.717) is 30.2 Å². The van der Waals surface area contributed by atoms with Gasteiger partial charge >= 0.3 is 0 Å². The number of carbonyl (C=O) groups is 1. The number of nitrogens with zero attached hydrogens (tertiary/aromatic N) is 6. The fourth-order valence-corrected chi connectivity index (χ4v) is 2.28. The van der Waals surface area contributed by atoms with E-state index < -0.39 is 0 Å². The highest BCUT2D eigenvalue weighted by atomic mass is 16.6. The first-order valence-electron chi connectivity index (χ1n) is 7.61. The minimum atomic E-state index is -0.219. The van der Waals surface area contributed by atoms with Crippen molar-refractivity contribution >= 4 is 5.91 Å². The van der Waals surface area contributed by atoms with E-state index in [1.54, 1.807) is 24.9 Å².